The Labute approximate surface area is 184 Å². The normalized spacial score (nSPS) is 36.8. The summed E-state index contributed by atoms with van der Waals surface area (Å²) in [6, 6.07) is -1.40. The van der Waals surface area contributed by atoms with Crippen LogP contribution in [0.25, 0.3) is 0 Å². The maximum Gasteiger partial charge on any atom is 0.308 e. The second-order valence-electron chi connectivity index (χ2n) is 9.19. The molecule has 7 nitrogen and oxygen atoms in total. The highest BCUT2D eigenvalue weighted by molar-refractivity contribution is 9.09. The maximum atomic E-state index is 13.9. The predicted molar refractivity (Wildman–Crippen MR) is 115 cm³/mol. The van der Waals surface area contributed by atoms with E-state index in [1.165, 1.54) is 16.7 Å². The van der Waals surface area contributed by atoms with Crippen LogP contribution in [0.5, 0.6) is 0 Å². The van der Waals surface area contributed by atoms with Crippen LogP contribution < -0.4 is 0 Å². The molecule has 3 heterocycles. The Bertz CT molecular complexity index is 741. The molecule has 3 unspecified atom stereocenters. The van der Waals surface area contributed by atoms with Crippen molar-refractivity contribution in [2.24, 2.45) is 11.8 Å². The van der Waals surface area contributed by atoms with Gasteiger partial charge in [0.25, 0.3) is 0 Å². The molecule has 29 heavy (non-hydrogen) atoms. The molecular formula is C20H29BrN2O5S. The molecule has 1 spiro atoms. The number of carbonyl (C=O) groups excluding carboxylic acids is 2. The first-order chi connectivity index (χ1) is 13.4. The quantitative estimate of drug-likeness (QED) is 0.436. The minimum Gasteiger partial charge on any atom is -0.481 e. The number of carboxylic acid groups (broad SMARTS) is 1. The molecule has 2 bridgehead atoms. The molecule has 0 aromatic rings. The molecule has 0 radical (unpaired) electrons. The number of likely N-dealkylation sites (tertiary alicyclic amines) is 1. The minimum atomic E-state index is -1.00. The zero-order valence-corrected chi connectivity index (χ0v) is 19.6. The lowest BCUT2D eigenvalue weighted by molar-refractivity contribution is -0.150. The van der Waals surface area contributed by atoms with E-state index in [2.05, 4.69) is 22.5 Å². The Morgan fingerprint density at radius 3 is 2.59 bits per heavy atom. The van der Waals surface area contributed by atoms with E-state index in [9.17, 15) is 24.6 Å². The SMILES string of the molecule is C=CCN(C(=O)C1N([C@H](C)CO)C(=O)[C@@H]2[C@H](C(=O)O)[C@H]3SC12CC3Br)C(C)(C)C. The number of aliphatic hydroxyl groups is 1. The first-order valence-corrected chi connectivity index (χ1v) is 11.6. The van der Waals surface area contributed by atoms with Crippen molar-refractivity contribution in [3.8, 4) is 0 Å². The molecule has 0 aliphatic carbocycles. The maximum absolute atomic E-state index is 13.9. The molecule has 0 aromatic heterocycles. The molecule has 3 rings (SSSR count). The number of hydrogen-bond donors (Lipinski definition) is 2. The summed E-state index contributed by atoms with van der Waals surface area (Å²) >= 11 is 5.08. The van der Waals surface area contributed by atoms with Gasteiger partial charge >= 0.3 is 5.97 Å². The molecule has 0 aromatic carbocycles. The van der Waals surface area contributed by atoms with Gasteiger partial charge in [0.15, 0.2) is 0 Å². The van der Waals surface area contributed by atoms with Gasteiger partial charge in [0.05, 0.1) is 29.2 Å². The van der Waals surface area contributed by atoms with Crippen LogP contribution in [-0.4, -0.2) is 83.4 Å². The topological polar surface area (TPSA) is 98.2 Å². The number of carboxylic acids is 1. The van der Waals surface area contributed by atoms with Crippen molar-refractivity contribution < 1.29 is 24.6 Å². The van der Waals surface area contributed by atoms with Crippen molar-refractivity contribution in [1.82, 2.24) is 9.80 Å². The van der Waals surface area contributed by atoms with Gasteiger partial charge in [-0.05, 0) is 34.1 Å². The summed E-state index contributed by atoms with van der Waals surface area (Å²) in [6.07, 6.45) is 2.20. The fraction of sp³-hybridized carbons (Fsp3) is 0.750. The van der Waals surface area contributed by atoms with Crippen LogP contribution in [0, 0.1) is 11.8 Å². The molecule has 3 saturated heterocycles. The Morgan fingerprint density at radius 2 is 2.10 bits per heavy atom. The van der Waals surface area contributed by atoms with E-state index in [1.54, 1.807) is 17.9 Å². The number of carbonyl (C=O) groups is 3. The molecule has 2 amide bonds. The number of nitrogens with zero attached hydrogens (tertiary/aromatic N) is 2. The number of halogens is 1. The van der Waals surface area contributed by atoms with E-state index in [-0.39, 0.29) is 28.5 Å². The average Bonchev–Trinajstić information content (AvgIpc) is 3.21. The number of aliphatic carboxylic acids is 1. The molecule has 3 aliphatic rings. The number of amides is 2. The second-order valence-corrected chi connectivity index (χ2v) is 11.9. The van der Waals surface area contributed by atoms with Crippen LogP contribution in [0.3, 0.4) is 0 Å². The highest BCUT2D eigenvalue weighted by Crippen LogP contribution is 2.68. The van der Waals surface area contributed by atoms with Gasteiger partial charge in [-0.2, -0.15) is 0 Å². The number of fused-ring (bicyclic) bond motifs is 1. The largest absolute Gasteiger partial charge is 0.481 e. The molecule has 2 N–H and O–H groups in total. The third-order valence-electron chi connectivity index (χ3n) is 6.37. The molecule has 0 saturated carbocycles. The Hall–Kier alpha value is -1.06. The number of hydrogen-bond acceptors (Lipinski definition) is 5. The molecular weight excluding hydrogens is 460 g/mol. The lowest BCUT2D eigenvalue weighted by atomic mass is 9.71. The van der Waals surface area contributed by atoms with Crippen molar-refractivity contribution in [3.05, 3.63) is 12.7 Å². The van der Waals surface area contributed by atoms with Crippen molar-refractivity contribution in [3.63, 3.8) is 0 Å². The van der Waals surface area contributed by atoms with Gasteiger partial charge in [-0.25, -0.2) is 0 Å². The number of thioether (sulfide) groups is 1. The van der Waals surface area contributed by atoms with E-state index in [4.69, 9.17) is 0 Å². The summed E-state index contributed by atoms with van der Waals surface area (Å²) in [7, 11) is 0. The first kappa shape index (κ1) is 22.6. The van der Waals surface area contributed by atoms with E-state index in [0.717, 1.165) is 0 Å². The van der Waals surface area contributed by atoms with Gasteiger partial charge in [-0.3, -0.25) is 14.4 Å². The van der Waals surface area contributed by atoms with Gasteiger partial charge in [0.1, 0.15) is 6.04 Å². The van der Waals surface area contributed by atoms with Gasteiger partial charge in [-0.1, -0.05) is 22.0 Å². The van der Waals surface area contributed by atoms with Crippen molar-refractivity contribution in [1.29, 1.82) is 0 Å². The van der Waals surface area contributed by atoms with Crippen LogP contribution in [0.2, 0.25) is 0 Å². The Kier molecular flexibility index (Phi) is 5.90. The smallest absolute Gasteiger partial charge is 0.308 e. The summed E-state index contributed by atoms with van der Waals surface area (Å²) in [4.78, 5) is 42.5. The Balaban J connectivity index is 2.14. The number of aliphatic hydroxyl groups excluding tert-OH is 1. The zero-order chi connectivity index (χ0) is 21.9. The standard InChI is InChI=1S/C20H29BrN2O5S/c1-6-7-22(19(3,4)5)17(26)15-20-8-11(21)14(29-20)12(18(27)28)13(20)16(25)23(15)10(2)9-24/h6,10-15,24H,1,7-9H2,2-5H3,(H,27,28)/t10-,11?,12+,13+,14+,15?,20?/m1/s1. The molecule has 162 valence electrons. The molecule has 9 heteroatoms. The van der Waals surface area contributed by atoms with Gasteiger partial charge in [0, 0.05) is 22.2 Å². The van der Waals surface area contributed by atoms with Crippen molar-refractivity contribution in [2.45, 2.75) is 66.6 Å². The summed E-state index contributed by atoms with van der Waals surface area (Å²) < 4.78 is -0.815. The van der Waals surface area contributed by atoms with Crippen LogP contribution in [0.15, 0.2) is 12.7 Å². The summed E-state index contributed by atoms with van der Waals surface area (Å²) in [5.74, 6) is -3.17. The number of alkyl halides is 1. The third-order valence-corrected chi connectivity index (χ3v) is 9.59. The monoisotopic (exact) mass is 488 g/mol. The number of rotatable bonds is 6. The summed E-state index contributed by atoms with van der Waals surface area (Å²) in [6.45, 7) is 11.3. The van der Waals surface area contributed by atoms with Gasteiger partial charge < -0.3 is 20.0 Å². The van der Waals surface area contributed by atoms with Crippen LogP contribution in [0.1, 0.15) is 34.1 Å². The van der Waals surface area contributed by atoms with E-state index in [0.29, 0.717) is 13.0 Å². The predicted octanol–water partition coefficient (Wildman–Crippen LogP) is 1.73. The first-order valence-electron chi connectivity index (χ1n) is 9.82. The zero-order valence-electron chi connectivity index (χ0n) is 17.2. The lowest BCUT2D eigenvalue weighted by Gasteiger charge is -2.43. The van der Waals surface area contributed by atoms with E-state index < -0.39 is 40.2 Å². The molecule has 3 fully saturated rings. The fourth-order valence-corrected chi connectivity index (χ4v) is 8.75. The summed E-state index contributed by atoms with van der Waals surface area (Å²) in [5.41, 5.74) is -0.502. The third kappa shape index (κ3) is 3.24. The minimum absolute atomic E-state index is 0.0835. The van der Waals surface area contributed by atoms with Crippen molar-refractivity contribution >= 4 is 45.5 Å². The van der Waals surface area contributed by atoms with Crippen LogP contribution >= 0.6 is 27.7 Å². The average molecular weight is 489 g/mol. The Morgan fingerprint density at radius 1 is 1.48 bits per heavy atom. The van der Waals surface area contributed by atoms with Crippen LogP contribution in [0.4, 0.5) is 0 Å². The highest BCUT2D eigenvalue weighted by atomic mass is 79.9. The fourth-order valence-electron chi connectivity index (χ4n) is 5.16. The molecule has 7 atom stereocenters. The van der Waals surface area contributed by atoms with Gasteiger partial charge in [0.2, 0.25) is 11.8 Å². The second kappa shape index (κ2) is 7.57. The van der Waals surface area contributed by atoms with Crippen LogP contribution in [-0.2, 0) is 14.4 Å². The lowest BCUT2D eigenvalue weighted by Crippen LogP contribution is -2.60. The van der Waals surface area contributed by atoms with Crippen molar-refractivity contribution in [2.75, 3.05) is 13.2 Å². The molecule has 3 aliphatic heterocycles. The van der Waals surface area contributed by atoms with E-state index in [1.807, 2.05) is 20.8 Å². The highest BCUT2D eigenvalue weighted by Gasteiger charge is 2.76. The van der Waals surface area contributed by atoms with Gasteiger partial charge in [-0.15, -0.1) is 18.3 Å². The van der Waals surface area contributed by atoms with E-state index >= 15 is 0 Å². The summed E-state index contributed by atoms with van der Waals surface area (Å²) in [5, 5.41) is 19.4.